The number of fused-ring (bicyclic) bond motifs is 2. The van der Waals surface area contributed by atoms with E-state index in [-0.39, 0.29) is 24.1 Å². The van der Waals surface area contributed by atoms with Crippen LogP contribution < -0.4 is 10.6 Å². The number of nitrogens with zero attached hydrogens (tertiary/aromatic N) is 3. The minimum Gasteiger partial charge on any atom is -0.448 e. The number of amides is 2. The van der Waals surface area contributed by atoms with Crippen LogP contribution in [0.5, 0.6) is 0 Å². The highest BCUT2D eigenvalue weighted by Gasteiger charge is 2.39. The Morgan fingerprint density at radius 3 is 2.84 bits per heavy atom. The quantitative estimate of drug-likeness (QED) is 0.584. The largest absolute Gasteiger partial charge is 0.448 e. The Bertz CT molecular complexity index is 1250. The maximum absolute atomic E-state index is 12.2. The van der Waals surface area contributed by atoms with Crippen molar-refractivity contribution in [2.75, 3.05) is 25.0 Å². The number of nitrogens with one attached hydrogen (secondary N) is 3. The first-order chi connectivity index (χ1) is 15.6. The van der Waals surface area contributed by atoms with Gasteiger partial charge < -0.3 is 25.3 Å². The lowest BCUT2D eigenvalue weighted by Crippen LogP contribution is -2.50. The van der Waals surface area contributed by atoms with Crippen molar-refractivity contribution < 1.29 is 14.3 Å². The first-order valence-corrected chi connectivity index (χ1v) is 11.0. The topological polar surface area (TPSA) is 112 Å². The molecule has 9 heteroatoms. The van der Waals surface area contributed by atoms with Gasteiger partial charge in [0.2, 0.25) is 0 Å². The minimum atomic E-state index is -0.206. The number of cyclic esters (lactones) is 1. The van der Waals surface area contributed by atoms with Crippen LogP contribution in [-0.4, -0.2) is 63.6 Å². The molecular formula is C23H24N6O3. The van der Waals surface area contributed by atoms with Crippen LogP contribution in [0.4, 0.5) is 10.6 Å². The van der Waals surface area contributed by atoms with Crippen molar-refractivity contribution in [2.45, 2.75) is 38.3 Å². The predicted molar refractivity (Wildman–Crippen MR) is 119 cm³/mol. The molecular weight excluding hydrogens is 408 g/mol. The molecule has 0 bridgehead atoms. The van der Waals surface area contributed by atoms with Crippen LogP contribution in [0.25, 0.3) is 22.3 Å². The summed E-state index contributed by atoms with van der Waals surface area (Å²) in [6.45, 7) is 3.75. The number of aromatic nitrogens is 3. The van der Waals surface area contributed by atoms with E-state index in [1.807, 2.05) is 36.1 Å². The van der Waals surface area contributed by atoms with Gasteiger partial charge in [0.05, 0.1) is 23.3 Å². The molecule has 9 nitrogen and oxygen atoms in total. The molecule has 0 atom stereocenters. The van der Waals surface area contributed by atoms with Gasteiger partial charge in [-0.1, -0.05) is 12.1 Å². The summed E-state index contributed by atoms with van der Waals surface area (Å²) in [6, 6.07) is 8.29. The SMILES string of the molecule is Cc1nc2cccc(-c3cc4c([nH]3)CCNC4=O)c2nc1N[C@H]1C[C@@H](N2CCOC2=O)C1. The molecule has 2 fully saturated rings. The fraction of sp³-hybridized carbons (Fsp3) is 0.391. The number of anilines is 1. The summed E-state index contributed by atoms with van der Waals surface area (Å²) in [5, 5.41) is 6.40. The molecule has 2 aromatic heterocycles. The third kappa shape index (κ3) is 3.07. The van der Waals surface area contributed by atoms with Crippen molar-refractivity contribution >= 4 is 28.9 Å². The number of carbonyl (C=O) groups is 2. The summed E-state index contributed by atoms with van der Waals surface area (Å²) in [5.74, 6) is 0.714. The second kappa shape index (κ2) is 7.22. The first-order valence-electron chi connectivity index (χ1n) is 11.0. The van der Waals surface area contributed by atoms with Crippen molar-refractivity contribution in [3.8, 4) is 11.3 Å². The highest BCUT2D eigenvalue weighted by Crippen LogP contribution is 2.33. The Hall–Kier alpha value is -3.62. The van der Waals surface area contributed by atoms with Gasteiger partial charge in [0.25, 0.3) is 5.91 Å². The van der Waals surface area contributed by atoms with Gasteiger partial charge in [-0.25, -0.2) is 14.8 Å². The third-order valence-electron chi connectivity index (χ3n) is 6.65. The van der Waals surface area contributed by atoms with E-state index in [1.165, 1.54) is 0 Å². The number of ether oxygens (including phenoxy) is 1. The highest BCUT2D eigenvalue weighted by atomic mass is 16.6. The number of para-hydroxylation sites is 1. The lowest BCUT2D eigenvalue weighted by atomic mass is 9.85. The van der Waals surface area contributed by atoms with Gasteiger partial charge in [0, 0.05) is 42.0 Å². The summed E-state index contributed by atoms with van der Waals surface area (Å²) < 4.78 is 5.05. The van der Waals surface area contributed by atoms with E-state index >= 15 is 0 Å². The fourth-order valence-corrected chi connectivity index (χ4v) is 4.85. The van der Waals surface area contributed by atoms with Crippen molar-refractivity contribution in [1.29, 1.82) is 0 Å². The summed E-state index contributed by atoms with van der Waals surface area (Å²) in [5.41, 5.74) is 5.89. The summed E-state index contributed by atoms with van der Waals surface area (Å²) >= 11 is 0. The van der Waals surface area contributed by atoms with Crippen LogP contribution in [-0.2, 0) is 11.2 Å². The van der Waals surface area contributed by atoms with Crippen molar-refractivity contribution in [1.82, 2.24) is 25.2 Å². The third-order valence-corrected chi connectivity index (χ3v) is 6.65. The molecule has 164 valence electrons. The van der Waals surface area contributed by atoms with Crippen molar-refractivity contribution in [3.05, 3.63) is 41.2 Å². The van der Waals surface area contributed by atoms with E-state index in [0.29, 0.717) is 25.3 Å². The Kier molecular flexibility index (Phi) is 4.31. The molecule has 1 aromatic carbocycles. The molecule has 0 unspecified atom stereocenters. The highest BCUT2D eigenvalue weighted by molar-refractivity contribution is 5.99. The molecule has 32 heavy (non-hydrogen) atoms. The number of aryl methyl sites for hydroxylation is 1. The van der Waals surface area contributed by atoms with E-state index < -0.39 is 0 Å². The van der Waals surface area contributed by atoms with E-state index in [4.69, 9.17) is 14.7 Å². The summed E-state index contributed by atoms with van der Waals surface area (Å²) in [4.78, 5) is 38.9. The number of rotatable bonds is 4. The Morgan fingerprint density at radius 1 is 1.19 bits per heavy atom. The smallest absolute Gasteiger partial charge is 0.410 e. The summed E-state index contributed by atoms with van der Waals surface area (Å²) in [6.07, 6.45) is 2.32. The van der Waals surface area contributed by atoms with Crippen LogP contribution in [0.15, 0.2) is 24.3 Å². The molecule has 3 aromatic rings. The average Bonchev–Trinajstić information content (AvgIpc) is 3.37. The van der Waals surface area contributed by atoms with Crippen molar-refractivity contribution in [3.63, 3.8) is 0 Å². The maximum atomic E-state index is 12.2. The average molecular weight is 432 g/mol. The normalized spacial score (nSPS) is 22.3. The molecule has 6 rings (SSSR count). The zero-order chi connectivity index (χ0) is 21.8. The Balaban J connectivity index is 1.29. The zero-order valence-corrected chi connectivity index (χ0v) is 17.8. The van der Waals surface area contributed by atoms with Crippen LogP contribution in [0.2, 0.25) is 0 Å². The second-order valence-electron chi connectivity index (χ2n) is 8.69. The molecule has 1 saturated carbocycles. The molecule has 0 spiro atoms. The van der Waals surface area contributed by atoms with Crippen LogP contribution in [0.1, 0.15) is 34.6 Å². The van der Waals surface area contributed by atoms with Gasteiger partial charge in [-0.3, -0.25) is 4.79 Å². The maximum Gasteiger partial charge on any atom is 0.410 e. The Labute approximate surface area is 184 Å². The minimum absolute atomic E-state index is 0.0420. The molecule has 1 saturated heterocycles. The number of aromatic amines is 1. The number of H-pyrrole nitrogens is 1. The molecule has 2 aliphatic heterocycles. The first kappa shape index (κ1) is 19.1. The molecule has 4 heterocycles. The fourth-order valence-electron chi connectivity index (χ4n) is 4.85. The monoisotopic (exact) mass is 432 g/mol. The van der Waals surface area contributed by atoms with E-state index in [1.54, 1.807) is 0 Å². The van der Waals surface area contributed by atoms with Gasteiger partial charge >= 0.3 is 6.09 Å². The Morgan fingerprint density at radius 2 is 2.06 bits per heavy atom. The van der Waals surface area contributed by atoms with Crippen LogP contribution in [0.3, 0.4) is 0 Å². The number of hydrogen-bond acceptors (Lipinski definition) is 6. The predicted octanol–water partition coefficient (Wildman–Crippen LogP) is 2.61. The molecule has 2 amide bonds. The van der Waals surface area contributed by atoms with Crippen LogP contribution in [0, 0.1) is 6.92 Å². The van der Waals surface area contributed by atoms with Gasteiger partial charge in [0.1, 0.15) is 17.9 Å². The van der Waals surface area contributed by atoms with Gasteiger partial charge in [-0.05, 0) is 31.9 Å². The van der Waals surface area contributed by atoms with E-state index in [9.17, 15) is 9.59 Å². The lowest BCUT2D eigenvalue weighted by Gasteiger charge is -2.40. The van der Waals surface area contributed by atoms with Gasteiger partial charge in [-0.15, -0.1) is 0 Å². The van der Waals surface area contributed by atoms with Gasteiger partial charge in [-0.2, -0.15) is 0 Å². The lowest BCUT2D eigenvalue weighted by molar-refractivity contribution is 0.0945. The van der Waals surface area contributed by atoms with Crippen molar-refractivity contribution in [2.24, 2.45) is 0 Å². The number of benzene rings is 1. The number of carbonyl (C=O) groups excluding carboxylic acids is 2. The standard InChI is InChI=1S/C23H24N6O3/c1-12-21(26-13-9-14(10-13)29-7-8-32-23(29)31)28-20-15(3-2-4-18(20)25-12)19-11-16-17(27-19)5-6-24-22(16)30/h2-4,11,13-14,27H,5-10H2,1H3,(H,24,30)(H,26,28)/t13-,14+. The molecule has 3 aliphatic rings. The van der Waals surface area contributed by atoms with Crippen LogP contribution >= 0.6 is 0 Å². The second-order valence-corrected chi connectivity index (χ2v) is 8.69. The molecule has 1 aliphatic carbocycles. The molecule has 3 N–H and O–H groups in total. The zero-order valence-electron chi connectivity index (χ0n) is 17.8. The number of hydrogen-bond donors (Lipinski definition) is 3. The summed E-state index contributed by atoms with van der Waals surface area (Å²) in [7, 11) is 0. The molecule has 0 radical (unpaired) electrons. The van der Waals surface area contributed by atoms with Gasteiger partial charge in [0.15, 0.2) is 0 Å². The van der Waals surface area contributed by atoms with E-state index in [0.717, 1.165) is 58.8 Å². The van der Waals surface area contributed by atoms with E-state index in [2.05, 4.69) is 15.6 Å².